The minimum Gasteiger partial charge on any atom is -0.469 e. The zero-order valence-electron chi connectivity index (χ0n) is 11.7. The lowest BCUT2D eigenvalue weighted by atomic mass is 10.2. The molecule has 2 aromatic heterocycles. The summed E-state index contributed by atoms with van der Waals surface area (Å²) >= 11 is 7.62. The van der Waals surface area contributed by atoms with E-state index in [-0.39, 0.29) is 6.61 Å². The number of ether oxygens (including phenoxy) is 1. The zero-order chi connectivity index (χ0) is 15.5. The normalized spacial score (nSPS) is 10.6. The molecule has 4 nitrogen and oxygen atoms in total. The molecule has 0 saturated heterocycles. The number of halogens is 1. The van der Waals surface area contributed by atoms with Gasteiger partial charge in [0.05, 0.1) is 17.0 Å². The van der Waals surface area contributed by atoms with E-state index in [1.165, 1.54) is 17.6 Å². The van der Waals surface area contributed by atoms with Crippen molar-refractivity contribution in [1.29, 1.82) is 0 Å². The molecule has 0 atom stereocenters. The number of carbonyl (C=O) groups excluding carboxylic acids is 1. The average molecular weight is 334 g/mol. The van der Waals surface area contributed by atoms with Crippen LogP contribution in [0.1, 0.15) is 21.8 Å². The molecule has 0 spiro atoms. The van der Waals surface area contributed by atoms with E-state index in [1.807, 2.05) is 29.6 Å². The second-order valence-electron chi connectivity index (χ2n) is 4.59. The Morgan fingerprint density at radius 3 is 2.91 bits per heavy atom. The summed E-state index contributed by atoms with van der Waals surface area (Å²) in [5.41, 5.74) is 1.99. The first-order valence-corrected chi connectivity index (χ1v) is 7.81. The monoisotopic (exact) mass is 333 g/mol. The first kappa shape index (κ1) is 14.8. The summed E-state index contributed by atoms with van der Waals surface area (Å²) in [4.78, 5) is 16.4. The van der Waals surface area contributed by atoms with Crippen molar-refractivity contribution in [2.75, 3.05) is 0 Å². The Morgan fingerprint density at radius 2 is 2.18 bits per heavy atom. The Kier molecular flexibility index (Phi) is 4.27. The topological polar surface area (TPSA) is 52.3 Å². The molecule has 3 rings (SSSR count). The predicted octanol–water partition coefficient (Wildman–Crippen LogP) is 4.72. The number of rotatable bonds is 4. The summed E-state index contributed by atoms with van der Waals surface area (Å²) in [6.45, 7) is 1.83. The Bertz CT molecular complexity index is 809. The molecule has 0 unspecified atom stereocenters. The van der Waals surface area contributed by atoms with Gasteiger partial charge in [0, 0.05) is 10.9 Å². The molecule has 0 radical (unpaired) electrons. The summed E-state index contributed by atoms with van der Waals surface area (Å²) in [5.74, 6) is 0.124. The van der Waals surface area contributed by atoms with Gasteiger partial charge in [0.15, 0.2) is 0 Å². The number of aryl methyl sites for hydroxylation is 1. The summed E-state index contributed by atoms with van der Waals surface area (Å²) in [6, 6.07) is 9.10. The molecule has 1 aromatic carbocycles. The smallest absolute Gasteiger partial charge is 0.342 e. The van der Waals surface area contributed by atoms with Crippen molar-refractivity contribution in [2.45, 2.75) is 13.5 Å². The number of benzene rings is 1. The van der Waals surface area contributed by atoms with Gasteiger partial charge in [-0.3, -0.25) is 0 Å². The quantitative estimate of drug-likeness (QED) is 0.648. The Morgan fingerprint density at radius 1 is 1.36 bits per heavy atom. The van der Waals surface area contributed by atoms with E-state index < -0.39 is 5.97 Å². The van der Waals surface area contributed by atoms with Crippen molar-refractivity contribution in [2.24, 2.45) is 0 Å². The number of hydrogen-bond donors (Lipinski definition) is 0. The lowest BCUT2D eigenvalue weighted by molar-refractivity contribution is 0.0466. The van der Waals surface area contributed by atoms with Gasteiger partial charge in [-0.2, -0.15) is 0 Å². The molecule has 112 valence electrons. The van der Waals surface area contributed by atoms with Crippen LogP contribution in [0.4, 0.5) is 0 Å². The number of nitrogens with zero attached hydrogens (tertiary/aromatic N) is 1. The maximum Gasteiger partial charge on any atom is 0.342 e. The molecule has 2 heterocycles. The molecule has 0 aliphatic rings. The molecule has 0 aliphatic carbocycles. The third-order valence-electron chi connectivity index (χ3n) is 3.09. The molecule has 0 amide bonds. The fraction of sp³-hybridized carbons (Fsp3) is 0.125. The summed E-state index contributed by atoms with van der Waals surface area (Å²) in [6.07, 6.45) is 1.46. The summed E-state index contributed by atoms with van der Waals surface area (Å²) in [7, 11) is 0. The third-order valence-corrected chi connectivity index (χ3v) is 4.34. The van der Waals surface area contributed by atoms with Crippen molar-refractivity contribution in [3.05, 3.63) is 64.0 Å². The first-order chi connectivity index (χ1) is 10.6. The predicted molar refractivity (Wildman–Crippen MR) is 85.1 cm³/mol. The SMILES string of the molecule is Cc1occc1C(=O)OCc1csc(-c2ccccc2Cl)n1. The molecule has 0 aliphatic heterocycles. The first-order valence-electron chi connectivity index (χ1n) is 6.55. The molecule has 0 N–H and O–H groups in total. The second kappa shape index (κ2) is 6.34. The van der Waals surface area contributed by atoms with Crippen molar-refractivity contribution in [1.82, 2.24) is 4.98 Å². The van der Waals surface area contributed by atoms with E-state index in [2.05, 4.69) is 4.98 Å². The van der Waals surface area contributed by atoms with E-state index in [9.17, 15) is 4.79 Å². The van der Waals surface area contributed by atoms with Gasteiger partial charge in [0.25, 0.3) is 0 Å². The zero-order valence-corrected chi connectivity index (χ0v) is 13.3. The van der Waals surface area contributed by atoms with Crippen LogP contribution < -0.4 is 0 Å². The van der Waals surface area contributed by atoms with Gasteiger partial charge in [-0.25, -0.2) is 9.78 Å². The van der Waals surface area contributed by atoms with Crippen LogP contribution >= 0.6 is 22.9 Å². The Hall–Kier alpha value is -2.11. The lowest BCUT2D eigenvalue weighted by Crippen LogP contribution is -2.05. The van der Waals surface area contributed by atoms with E-state index in [0.29, 0.717) is 22.0 Å². The molecule has 3 aromatic rings. The fourth-order valence-electron chi connectivity index (χ4n) is 1.95. The Labute approximate surface area is 136 Å². The maximum atomic E-state index is 11.9. The number of thiazole rings is 1. The fourth-order valence-corrected chi connectivity index (χ4v) is 3.07. The molecule has 22 heavy (non-hydrogen) atoms. The minimum absolute atomic E-state index is 0.115. The minimum atomic E-state index is -0.418. The number of carbonyl (C=O) groups is 1. The highest BCUT2D eigenvalue weighted by molar-refractivity contribution is 7.13. The standard InChI is InChI=1S/C16H12ClNO3S/c1-10-12(6-7-20-10)16(19)21-8-11-9-22-15(18-11)13-4-2-3-5-14(13)17/h2-7,9H,8H2,1H3. The van der Waals surface area contributed by atoms with Gasteiger partial charge in [-0.05, 0) is 19.1 Å². The van der Waals surface area contributed by atoms with E-state index in [0.717, 1.165) is 10.6 Å². The molecular formula is C16H12ClNO3S. The van der Waals surface area contributed by atoms with Crippen molar-refractivity contribution >= 4 is 28.9 Å². The molecule has 0 bridgehead atoms. The van der Waals surface area contributed by atoms with Crippen LogP contribution in [0.25, 0.3) is 10.6 Å². The van der Waals surface area contributed by atoms with Gasteiger partial charge in [0.2, 0.25) is 0 Å². The van der Waals surface area contributed by atoms with Crippen LogP contribution in [0.3, 0.4) is 0 Å². The van der Waals surface area contributed by atoms with E-state index in [1.54, 1.807) is 13.0 Å². The molecule has 0 fully saturated rings. The van der Waals surface area contributed by atoms with Crippen LogP contribution in [0, 0.1) is 6.92 Å². The van der Waals surface area contributed by atoms with E-state index in [4.69, 9.17) is 20.8 Å². The van der Waals surface area contributed by atoms with Gasteiger partial charge in [0.1, 0.15) is 22.9 Å². The highest BCUT2D eigenvalue weighted by Crippen LogP contribution is 2.30. The number of esters is 1. The lowest BCUT2D eigenvalue weighted by Gasteiger charge is -2.01. The molecule has 6 heteroatoms. The van der Waals surface area contributed by atoms with Crippen LogP contribution in [0.2, 0.25) is 5.02 Å². The van der Waals surface area contributed by atoms with Crippen LogP contribution in [-0.4, -0.2) is 11.0 Å². The van der Waals surface area contributed by atoms with Gasteiger partial charge < -0.3 is 9.15 Å². The number of aromatic nitrogens is 1. The highest BCUT2D eigenvalue weighted by atomic mass is 35.5. The van der Waals surface area contributed by atoms with Gasteiger partial charge >= 0.3 is 5.97 Å². The van der Waals surface area contributed by atoms with Crippen LogP contribution in [0.5, 0.6) is 0 Å². The third kappa shape index (κ3) is 3.05. The maximum absolute atomic E-state index is 11.9. The van der Waals surface area contributed by atoms with Gasteiger partial charge in [-0.1, -0.05) is 29.8 Å². The number of furan rings is 1. The summed E-state index contributed by atoms with van der Waals surface area (Å²) < 4.78 is 10.3. The largest absolute Gasteiger partial charge is 0.469 e. The Balaban J connectivity index is 1.69. The van der Waals surface area contributed by atoms with Crippen LogP contribution in [0.15, 0.2) is 46.4 Å². The average Bonchev–Trinajstić information content (AvgIpc) is 3.14. The van der Waals surface area contributed by atoms with Crippen molar-refractivity contribution in [3.63, 3.8) is 0 Å². The van der Waals surface area contributed by atoms with Crippen molar-refractivity contribution < 1.29 is 13.9 Å². The van der Waals surface area contributed by atoms with Gasteiger partial charge in [-0.15, -0.1) is 11.3 Å². The second-order valence-corrected chi connectivity index (χ2v) is 5.86. The highest BCUT2D eigenvalue weighted by Gasteiger charge is 2.14. The molecule has 0 saturated carbocycles. The summed E-state index contributed by atoms with van der Waals surface area (Å²) in [5, 5.41) is 3.30. The van der Waals surface area contributed by atoms with E-state index >= 15 is 0 Å². The van der Waals surface area contributed by atoms with Crippen LogP contribution in [-0.2, 0) is 11.3 Å². The molecular weight excluding hydrogens is 322 g/mol. The van der Waals surface area contributed by atoms with Crippen molar-refractivity contribution in [3.8, 4) is 10.6 Å². The number of hydrogen-bond acceptors (Lipinski definition) is 5.